The predicted octanol–water partition coefficient (Wildman–Crippen LogP) is 4.97. The summed E-state index contributed by atoms with van der Waals surface area (Å²) in [6, 6.07) is 9.15. The summed E-state index contributed by atoms with van der Waals surface area (Å²) in [6.45, 7) is 14.1. The normalized spacial score (nSPS) is 15.9. The molecule has 10 nitrogen and oxygen atoms in total. The highest BCUT2D eigenvalue weighted by atomic mass is 32.2. The Morgan fingerprint density at radius 1 is 1.07 bits per heavy atom. The van der Waals surface area contributed by atoms with Crippen molar-refractivity contribution in [2.24, 2.45) is 0 Å². The molecule has 0 aliphatic carbocycles. The van der Waals surface area contributed by atoms with E-state index in [1.54, 1.807) is 40.0 Å². The maximum atomic E-state index is 13.5. The largest absolute Gasteiger partial charge is 0.496 e. The first-order valence-electron chi connectivity index (χ1n) is 14.4. The van der Waals surface area contributed by atoms with Gasteiger partial charge in [0.15, 0.2) is 0 Å². The average molecular weight is 611 g/mol. The first-order chi connectivity index (χ1) is 20.1. The number of likely N-dealkylation sites (tertiary alicyclic amines) is 1. The number of hydrogen-bond acceptors (Lipinski definition) is 10. The van der Waals surface area contributed by atoms with Gasteiger partial charge in [0.1, 0.15) is 22.3 Å². The minimum Gasteiger partial charge on any atom is -0.496 e. The van der Waals surface area contributed by atoms with Crippen molar-refractivity contribution in [1.29, 1.82) is 0 Å². The molecule has 0 unspecified atom stereocenters. The van der Waals surface area contributed by atoms with Gasteiger partial charge in [0.25, 0.3) is 0 Å². The number of aromatic nitrogens is 2. The van der Waals surface area contributed by atoms with Crippen LogP contribution in [0.2, 0.25) is 0 Å². The Balaban J connectivity index is 1.61. The lowest BCUT2D eigenvalue weighted by molar-refractivity contribution is -0.160. The molecule has 2 aromatic carbocycles. The molecule has 1 aliphatic heterocycles. The highest BCUT2D eigenvalue weighted by Gasteiger charge is 2.34. The van der Waals surface area contributed by atoms with Crippen LogP contribution in [-0.2, 0) is 32.6 Å². The molecule has 1 aromatic heterocycles. The SMILES string of the molecule is COc1cc(CN2CCC[C@@H]2C(=O)OC(C)(C)C)ccc1Cc1c(C)nc(N)nc1OS(=O)(=O)c1c(C)cc(C)cc1C. The molecule has 0 amide bonds. The molecular formula is C32H42N4O6S. The van der Waals surface area contributed by atoms with Crippen LogP contribution in [0, 0.1) is 27.7 Å². The van der Waals surface area contributed by atoms with Gasteiger partial charge in [0, 0.05) is 18.5 Å². The highest BCUT2D eigenvalue weighted by Crippen LogP contribution is 2.32. The third kappa shape index (κ3) is 7.64. The molecule has 232 valence electrons. The van der Waals surface area contributed by atoms with Crippen molar-refractivity contribution >= 4 is 22.0 Å². The Labute approximate surface area is 254 Å². The average Bonchev–Trinajstić information content (AvgIpc) is 3.33. The minimum absolute atomic E-state index is 0.0868. The molecule has 11 heteroatoms. The van der Waals surface area contributed by atoms with Crippen LogP contribution in [0.1, 0.15) is 72.7 Å². The molecule has 1 fully saturated rings. The van der Waals surface area contributed by atoms with Gasteiger partial charge in [0.05, 0.1) is 12.8 Å². The van der Waals surface area contributed by atoms with E-state index in [4.69, 9.17) is 19.4 Å². The maximum absolute atomic E-state index is 13.5. The third-order valence-corrected chi connectivity index (χ3v) is 8.90. The van der Waals surface area contributed by atoms with Crippen molar-refractivity contribution in [3.05, 3.63) is 69.4 Å². The summed E-state index contributed by atoms with van der Waals surface area (Å²) in [5.41, 5.74) is 10.3. The van der Waals surface area contributed by atoms with Gasteiger partial charge in [-0.3, -0.25) is 9.69 Å². The molecule has 4 rings (SSSR count). The second kappa shape index (κ2) is 12.5. The first kappa shape index (κ1) is 32.2. The number of methoxy groups -OCH3 is 1. The van der Waals surface area contributed by atoms with Crippen LogP contribution in [0.4, 0.5) is 5.95 Å². The zero-order valence-electron chi connectivity index (χ0n) is 26.3. The van der Waals surface area contributed by atoms with Crippen LogP contribution in [0.5, 0.6) is 11.6 Å². The Hall–Kier alpha value is -3.70. The molecule has 1 aliphatic rings. The first-order valence-corrected chi connectivity index (χ1v) is 15.8. The number of nitrogen functional groups attached to an aromatic ring is 1. The number of hydrogen-bond donors (Lipinski definition) is 1. The van der Waals surface area contributed by atoms with Crippen molar-refractivity contribution in [1.82, 2.24) is 14.9 Å². The Morgan fingerprint density at radius 2 is 1.74 bits per heavy atom. The number of carbonyl (C=O) groups is 1. The van der Waals surface area contributed by atoms with Gasteiger partial charge in [-0.1, -0.05) is 29.8 Å². The van der Waals surface area contributed by atoms with Gasteiger partial charge in [-0.2, -0.15) is 13.4 Å². The quantitative estimate of drug-likeness (QED) is 0.262. The molecule has 1 saturated heterocycles. The van der Waals surface area contributed by atoms with Crippen molar-refractivity contribution in [2.45, 2.75) is 90.8 Å². The highest BCUT2D eigenvalue weighted by molar-refractivity contribution is 7.87. The summed E-state index contributed by atoms with van der Waals surface area (Å²) in [6.07, 6.45) is 1.92. The zero-order valence-corrected chi connectivity index (χ0v) is 27.1. The molecule has 2 N–H and O–H groups in total. The van der Waals surface area contributed by atoms with Crippen molar-refractivity contribution in [3.8, 4) is 11.6 Å². The fourth-order valence-corrected chi connectivity index (χ4v) is 7.02. The molecule has 0 saturated carbocycles. The fourth-order valence-electron chi connectivity index (χ4n) is 5.68. The van der Waals surface area contributed by atoms with E-state index in [2.05, 4.69) is 14.9 Å². The van der Waals surface area contributed by atoms with Gasteiger partial charge in [-0.05, 0) is 96.2 Å². The number of carbonyl (C=O) groups excluding carboxylic acids is 1. The molecule has 0 spiro atoms. The number of ether oxygens (including phenoxy) is 2. The van der Waals surface area contributed by atoms with Gasteiger partial charge >= 0.3 is 16.1 Å². The van der Waals surface area contributed by atoms with E-state index in [1.807, 2.05) is 45.9 Å². The summed E-state index contributed by atoms with van der Waals surface area (Å²) in [7, 11) is -2.64. The minimum atomic E-state index is -4.22. The topological polar surface area (TPSA) is 134 Å². The summed E-state index contributed by atoms with van der Waals surface area (Å²) in [5.74, 6) is 0.204. The lowest BCUT2D eigenvalue weighted by atomic mass is 10.0. The molecule has 0 radical (unpaired) electrons. The fraction of sp³-hybridized carbons (Fsp3) is 0.469. The number of benzene rings is 2. The summed E-state index contributed by atoms with van der Waals surface area (Å²) >= 11 is 0. The lowest BCUT2D eigenvalue weighted by Gasteiger charge is -2.27. The van der Waals surface area contributed by atoms with E-state index >= 15 is 0 Å². The maximum Gasteiger partial charge on any atom is 0.341 e. The zero-order chi connectivity index (χ0) is 31.7. The molecule has 3 aromatic rings. The number of nitrogens with two attached hydrogens (primary N) is 1. The van der Waals surface area contributed by atoms with Gasteiger partial charge in [-0.25, -0.2) is 4.98 Å². The predicted molar refractivity (Wildman–Crippen MR) is 165 cm³/mol. The monoisotopic (exact) mass is 610 g/mol. The van der Waals surface area contributed by atoms with E-state index in [9.17, 15) is 13.2 Å². The van der Waals surface area contributed by atoms with Gasteiger partial charge in [0.2, 0.25) is 11.8 Å². The van der Waals surface area contributed by atoms with Crippen molar-refractivity contribution < 1.29 is 26.9 Å². The van der Waals surface area contributed by atoms with Crippen LogP contribution in [0.25, 0.3) is 0 Å². The number of rotatable bonds is 9. The van der Waals surface area contributed by atoms with E-state index < -0.39 is 15.7 Å². The van der Waals surface area contributed by atoms with Gasteiger partial charge < -0.3 is 19.4 Å². The molecule has 2 heterocycles. The van der Waals surface area contributed by atoms with Crippen LogP contribution >= 0.6 is 0 Å². The van der Waals surface area contributed by atoms with Gasteiger partial charge in [-0.15, -0.1) is 0 Å². The molecule has 0 bridgehead atoms. The molecular weight excluding hydrogens is 568 g/mol. The third-order valence-electron chi connectivity index (χ3n) is 7.38. The van der Waals surface area contributed by atoms with E-state index in [0.717, 1.165) is 36.1 Å². The summed E-state index contributed by atoms with van der Waals surface area (Å²) in [5, 5.41) is 0. The van der Waals surface area contributed by atoms with Crippen LogP contribution < -0.4 is 14.7 Å². The van der Waals surface area contributed by atoms with Crippen LogP contribution in [0.3, 0.4) is 0 Å². The number of aryl methyl sites for hydroxylation is 4. The summed E-state index contributed by atoms with van der Waals surface area (Å²) in [4.78, 5) is 23.5. The van der Waals surface area contributed by atoms with E-state index in [0.29, 0.717) is 34.7 Å². The number of anilines is 1. The standard InChI is InChI=1S/C32H42N4O6S/c1-19-14-20(2)28(21(3)15-19)43(38,39)42-29-25(22(4)34-31(33)35-29)17-24-12-11-23(16-27(24)40-8)18-36-13-9-10-26(36)30(37)41-32(5,6)7/h11-12,14-16,26H,9-10,13,17-18H2,1-8H3,(H2,33,34,35)/t26-/m1/s1. The second-order valence-electron chi connectivity index (χ2n) is 12.2. The van der Waals surface area contributed by atoms with Crippen molar-refractivity contribution in [2.75, 3.05) is 19.4 Å². The van der Waals surface area contributed by atoms with E-state index in [1.165, 1.54) is 0 Å². The number of esters is 1. The Kier molecular flexibility index (Phi) is 9.36. The van der Waals surface area contributed by atoms with E-state index in [-0.39, 0.29) is 35.2 Å². The molecule has 43 heavy (non-hydrogen) atoms. The Bertz CT molecular complexity index is 1610. The molecule has 1 atom stereocenters. The smallest absolute Gasteiger partial charge is 0.341 e. The van der Waals surface area contributed by atoms with Crippen LogP contribution in [0.15, 0.2) is 35.2 Å². The Morgan fingerprint density at radius 3 is 2.37 bits per heavy atom. The summed E-state index contributed by atoms with van der Waals surface area (Å²) < 4.78 is 44.0. The number of nitrogens with zero attached hydrogens (tertiary/aromatic N) is 3. The lowest BCUT2D eigenvalue weighted by Crippen LogP contribution is -2.40. The van der Waals surface area contributed by atoms with Crippen molar-refractivity contribution in [3.63, 3.8) is 0 Å². The van der Waals surface area contributed by atoms with Crippen LogP contribution in [-0.4, -0.2) is 54.6 Å². The second-order valence-corrected chi connectivity index (χ2v) is 13.7.